The van der Waals surface area contributed by atoms with Gasteiger partial charge in [-0.25, -0.2) is 0 Å². The van der Waals surface area contributed by atoms with E-state index in [0.29, 0.717) is 0 Å². The number of hydrogen-bond donors (Lipinski definition) is 0. The Morgan fingerprint density at radius 1 is 0.720 bits per heavy atom. The van der Waals surface area contributed by atoms with Crippen LogP contribution >= 0.6 is 22.6 Å². The molecule has 142 valence electrons. The van der Waals surface area contributed by atoms with Crippen molar-refractivity contribution in [1.29, 1.82) is 0 Å². The molecule has 0 aliphatic rings. The average Bonchev–Trinajstić information content (AvgIpc) is 2.64. The van der Waals surface area contributed by atoms with Crippen molar-refractivity contribution < 1.29 is 34.9 Å². The van der Waals surface area contributed by atoms with Crippen molar-refractivity contribution in [2.24, 2.45) is 0 Å². The van der Waals surface area contributed by atoms with Crippen LogP contribution in [0.3, 0.4) is 0 Å². The van der Waals surface area contributed by atoms with Crippen molar-refractivity contribution >= 4 is 36.1 Å². The van der Waals surface area contributed by atoms with Crippen LogP contribution in [0.2, 0.25) is 5.36 Å². The van der Waals surface area contributed by atoms with Gasteiger partial charge in [-0.3, -0.25) is 0 Å². The molecule has 0 aliphatic heterocycles. The Morgan fingerprint density at radius 3 is 1.80 bits per heavy atom. The number of unbranched alkanes of at least 4 members (excludes halogenated alkanes) is 5. The number of hydrogen-bond acceptors (Lipinski definition) is 2. The number of halogens is 1. The molecule has 0 bridgehead atoms. The molecule has 0 unspecified atom stereocenters. The summed E-state index contributed by atoms with van der Waals surface area (Å²) in [6.07, 6.45) is 7.27. The van der Waals surface area contributed by atoms with Gasteiger partial charge in [-0.2, -0.15) is 0 Å². The number of benzene rings is 2. The van der Waals surface area contributed by atoms with Crippen LogP contribution in [0.25, 0.3) is 0 Å². The van der Waals surface area contributed by atoms with E-state index < -0.39 is 27.2 Å². The molecule has 0 aromatic heterocycles. The summed E-state index contributed by atoms with van der Waals surface area (Å²) in [7, 11) is 0. The Bertz CT molecular complexity index is 697. The molecule has 25 heavy (non-hydrogen) atoms. The molecule has 0 spiro atoms. The van der Waals surface area contributed by atoms with E-state index in [4.69, 9.17) is 0 Å². The van der Waals surface area contributed by atoms with E-state index in [1.807, 2.05) is 48.5 Å². The first kappa shape index (κ1) is 21.1. The van der Waals surface area contributed by atoms with E-state index >= 15 is 0 Å². The van der Waals surface area contributed by atoms with Crippen LogP contribution in [0.15, 0.2) is 48.5 Å². The third kappa shape index (κ3) is 7.13. The zero-order valence-corrected chi connectivity index (χ0v) is 18.7. The van der Waals surface area contributed by atoms with Crippen LogP contribution in [0.4, 0.5) is 0 Å². The minimum absolute atomic E-state index is 0.752. The van der Waals surface area contributed by atoms with Gasteiger partial charge in [0.1, 0.15) is 0 Å². The van der Waals surface area contributed by atoms with Gasteiger partial charge in [-0.15, -0.1) is 0 Å². The van der Waals surface area contributed by atoms with Crippen molar-refractivity contribution in [3.8, 4) is 0 Å². The van der Waals surface area contributed by atoms with Gasteiger partial charge in [0.15, 0.2) is 0 Å². The maximum atomic E-state index is 12.6. The molecule has 0 radical (unpaired) electrons. The third-order valence-corrected chi connectivity index (χ3v) is 8.11. The Labute approximate surface area is 172 Å². The van der Waals surface area contributed by atoms with Crippen LogP contribution in [0.5, 0.6) is 0 Å². The molecule has 5 heteroatoms. The van der Waals surface area contributed by atoms with Crippen molar-refractivity contribution in [2.45, 2.75) is 50.8 Å². The first-order valence-corrected chi connectivity index (χ1v) is 12.8. The van der Waals surface area contributed by atoms with Gasteiger partial charge in [-0.05, 0) is 0 Å². The zero-order valence-electron chi connectivity index (χ0n) is 14.4. The first-order valence-electron chi connectivity index (χ1n) is 8.55. The molecule has 2 aromatic carbocycles. The summed E-state index contributed by atoms with van der Waals surface area (Å²) in [5.74, 6) is 0. The molecule has 0 saturated heterocycles. The molecule has 0 fully saturated rings. The van der Waals surface area contributed by atoms with Crippen molar-refractivity contribution in [1.82, 2.24) is 0 Å². The van der Waals surface area contributed by atoms with Gasteiger partial charge in [0.2, 0.25) is 0 Å². The van der Waals surface area contributed by atoms with Crippen molar-refractivity contribution in [2.75, 3.05) is 0 Å². The molecular weight excluding hydrogens is 517 g/mol. The SMILES string of the molecule is CCCCCCC[CH2][Co](=[O])[c]1cc[c]([Co](=[O])[c]2ccc(I)cc2)cc1. The summed E-state index contributed by atoms with van der Waals surface area (Å²) < 4.78 is 28.6. The monoisotopic (exact) mass is 542 g/mol. The standard InChI is InChI=1S/C8H17.C6H4I.C6H4.2Co.2O/c1-3-5-7-8-6-4-2;7-6-4-2-1-3-5-6;1-2-4-6-5-3-1;;;;/h1,3-8H2,2H3;2-5H;1-2,5-6H;;;;. The molecule has 2 aromatic rings. The summed E-state index contributed by atoms with van der Waals surface area (Å²) in [5, 5.41) is 0.752. The Hall–Kier alpha value is -0.217. The van der Waals surface area contributed by atoms with Gasteiger partial charge >= 0.3 is 174 Å². The predicted molar refractivity (Wildman–Crippen MR) is 104 cm³/mol. The fourth-order valence-electron chi connectivity index (χ4n) is 2.34. The van der Waals surface area contributed by atoms with Crippen LogP contribution < -0.4 is 13.5 Å². The third-order valence-electron chi connectivity index (χ3n) is 3.75. The van der Waals surface area contributed by atoms with Crippen molar-refractivity contribution in [3.63, 3.8) is 0 Å². The molecular formula is C20H25Co2IO2. The van der Waals surface area contributed by atoms with Gasteiger partial charge < -0.3 is 0 Å². The first-order chi connectivity index (χ1) is 12.1. The van der Waals surface area contributed by atoms with E-state index in [1.165, 1.54) is 25.7 Å². The summed E-state index contributed by atoms with van der Waals surface area (Å²) in [4.78, 5) is 0. The van der Waals surface area contributed by atoms with Crippen molar-refractivity contribution in [3.05, 3.63) is 52.1 Å². The molecule has 0 aliphatic carbocycles. The summed E-state index contributed by atoms with van der Waals surface area (Å²) in [6, 6.07) is 15.2. The summed E-state index contributed by atoms with van der Waals surface area (Å²) in [5.41, 5.74) is 0. The van der Waals surface area contributed by atoms with Gasteiger partial charge in [0, 0.05) is 0 Å². The summed E-state index contributed by atoms with van der Waals surface area (Å²) in [6.45, 7) is 2.21. The average molecular weight is 542 g/mol. The molecule has 0 heterocycles. The molecule has 2 nitrogen and oxygen atoms in total. The number of rotatable bonds is 10. The zero-order chi connectivity index (χ0) is 18.1. The molecule has 0 amide bonds. The van der Waals surface area contributed by atoms with Gasteiger partial charge in [0.05, 0.1) is 0 Å². The van der Waals surface area contributed by atoms with Crippen LogP contribution in [0, 0.1) is 3.57 Å². The minimum atomic E-state index is -1.56. The second kappa shape index (κ2) is 11.5. The van der Waals surface area contributed by atoms with E-state index in [2.05, 4.69) is 29.5 Å². The van der Waals surface area contributed by atoms with Crippen LogP contribution in [-0.2, 0) is 34.9 Å². The Balaban J connectivity index is 1.87. The van der Waals surface area contributed by atoms with Gasteiger partial charge in [0.25, 0.3) is 0 Å². The predicted octanol–water partition coefficient (Wildman–Crippen LogP) is 4.57. The normalized spacial score (nSPS) is 12.1. The molecule has 2 rings (SSSR count). The van der Waals surface area contributed by atoms with Crippen LogP contribution in [-0.4, -0.2) is 0 Å². The Morgan fingerprint density at radius 2 is 1.20 bits per heavy atom. The fourth-order valence-corrected chi connectivity index (χ4v) is 5.48. The summed E-state index contributed by atoms with van der Waals surface area (Å²) >= 11 is -0.633. The fraction of sp³-hybridized carbons (Fsp3) is 0.400. The Kier molecular flexibility index (Phi) is 9.69. The van der Waals surface area contributed by atoms with Gasteiger partial charge in [-0.1, -0.05) is 0 Å². The quantitative estimate of drug-likeness (QED) is 0.326. The van der Waals surface area contributed by atoms with E-state index in [9.17, 15) is 7.73 Å². The second-order valence-electron chi connectivity index (χ2n) is 5.73. The van der Waals surface area contributed by atoms with E-state index in [-0.39, 0.29) is 0 Å². The maximum absolute atomic E-state index is 12.6. The van der Waals surface area contributed by atoms with E-state index in [0.717, 1.165) is 35.3 Å². The molecule has 0 N–H and O–H groups in total. The second-order valence-corrected chi connectivity index (χ2v) is 10.9. The molecule has 0 saturated carbocycles. The molecule has 0 atom stereocenters. The van der Waals surface area contributed by atoms with Crippen LogP contribution in [0.1, 0.15) is 45.4 Å². The topological polar surface area (TPSA) is 34.1 Å². The van der Waals surface area contributed by atoms with E-state index in [1.54, 1.807) is 0 Å².